The van der Waals surface area contributed by atoms with Gasteiger partial charge in [-0.25, -0.2) is 4.98 Å². The second-order valence-corrected chi connectivity index (χ2v) is 7.45. The highest BCUT2D eigenvalue weighted by atomic mass is 32.2. The van der Waals surface area contributed by atoms with Gasteiger partial charge in [0, 0.05) is 5.69 Å². The van der Waals surface area contributed by atoms with E-state index in [0.717, 1.165) is 5.69 Å². The summed E-state index contributed by atoms with van der Waals surface area (Å²) in [6.45, 7) is 3.74. The molecule has 154 valence electrons. The zero-order valence-electron chi connectivity index (χ0n) is 16.7. The molecule has 1 unspecified atom stereocenters. The molecule has 1 aromatic carbocycles. The van der Waals surface area contributed by atoms with Gasteiger partial charge < -0.3 is 16.4 Å². The van der Waals surface area contributed by atoms with Gasteiger partial charge in [-0.1, -0.05) is 19.9 Å². The Morgan fingerprint density at radius 1 is 1.27 bits per heavy atom. The maximum atomic E-state index is 11.8. The topological polar surface area (TPSA) is 147 Å². The number of primary amides is 1. The normalized spacial score (nSPS) is 11.7. The van der Waals surface area contributed by atoms with Crippen molar-refractivity contribution in [3.05, 3.63) is 42.2 Å². The maximum absolute atomic E-state index is 11.8. The van der Waals surface area contributed by atoms with Crippen LogP contribution in [0.4, 0.5) is 17.5 Å². The molecule has 3 rings (SSSR count). The zero-order chi connectivity index (χ0) is 21.7. The number of carbonyl (C=O) groups excluding carboxylic acids is 1. The molecule has 0 bridgehead atoms. The van der Waals surface area contributed by atoms with Gasteiger partial charge in [0.1, 0.15) is 22.7 Å². The number of benzene rings is 1. The third-order valence-corrected chi connectivity index (χ3v) is 4.88. The van der Waals surface area contributed by atoms with Crippen LogP contribution in [0.2, 0.25) is 0 Å². The van der Waals surface area contributed by atoms with E-state index in [4.69, 9.17) is 5.73 Å². The van der Waals surface area contributed by atoms with E-state index in [1.54, 1.807) is 12.4 Å². The summed E-state index contributed by atoms with van der Waals surface area (Å²) < 4.78 is 0. The lowest BCUT2D eigenvalue weighted by Crippen LogP contribution is -2.40. The largest absolute Gasteiger partial charge is 0.368 e. The lowest BCUT2D eigenvalue weighted by Gasteiger charge is -2.20. The number of amides is 1. The fourth-order valence-corrected chi connectivity index (χ4v) is 3.27. The molecule has 30 heavy (non-hydrogen) atoms. The lowest BCUT2D eigenvalue weighted by atomic mass is 10.0. The third-order valence-electron chi connectivity index (χ3n) is 4.20. The Bertz CT molecular complexity index is 1080. The summed E-state index contributed by atoms with van der Waals surface area (Å²) in [7, 11) is 0. The number of rotatable bonds is 8. The van der Waals surface area contributed by atoms with Gasteiger partial charge in [0.05, 0.1) is 18.1 Å². The fourth-order valence-electron chi connectivity index (χ4n) is 2.74. The number of carbonyl (C=O) groups is 1. The summed E-state index contributed by atoms with van der Waals surface area (Å²) in [4.78, 5) is 22.1. The van der Waals surface area contributed by atoms with Crippen LogP contribution in [-0.4, -0.2) is 43.2 Å². The van der Waals surface area contributed by atoms with Crippen molar-refractivity contribution in [2.24, 2.45) is 11.7 Å². The predicted octanol–water partition coefficient (Wildman–Crippen LogP) is 2.32. The molecule has 10 nitrogen and oxygen atoms in total. The van der Waals surface area contributed by atoms with Crippen LogP contribution in [0.3, 0.4) is 0 Å². The quantitative estimate of drug-likeness (QED) is 0.366. The number of nitrogens with zero attached hydrogens (tertiary/aromatic N) is 6. The number of anilines is 3. The molecule has 0 spiro atoms. The molecule has 2 aromatic heterocycles. The lowest BCUT2D eigenvalue weighted by molar-refractivity contribution is -0.119. The second-order valence-electron chi connectivity index (χ2n) is 6.65. The molecule has 2 heterocycles. The Hall–Kier alpha value is -3.65. The van der Waals surface area contributed by atoms with E-state index in [9.17, 15) is 10.1 Å². The van der Waals surface area contributed by atoms with E-state index in [0.29, 0.717) is 22.1 Å². The van der Waals surface area contributed by atoms with Crippen molar-refractivity contribution in [2.75, 3.05) is 16.9 Å². The van der Waals surface area contributed by atoms with Crippen LogP contribution >= 0.6 is 11.8 Å². The molecule has 4 N–H and O–H groups in total. The van der Waals surface area contributed by atoms with Gasteiger partial charge in [-0.2, -0.15) is 25.2 Å². The van der Waals surface area contributed by atoms with Crippen LogP contribution < -0.4 is 16.4 Å². The van der Waals surface area contributed by atoms with Crippen LogP contribution in [0.15, 0.2) is 41.7 Å². The maximum Gasteiger partial charge on any atom is 0.240 e. The average molecular weight is 424 g/mol. The zero-order valence-corrected chi connectivity index (χ0v) is 17.5. The molecule has 0 aliphatic rings. The molecule has 3 aromatic rings. The molecule has 0 aliphatic carbocycles. The van der Waals surface area contributed by atoms with Crippen LogP contribution in [0.25, 0.3) is 5.69 Å². The highest BCUT2D eigenvalue weighted by molar-refractivity contribution is 7.98. The molecule has 0 saturated carbocycles. The minimum Gasteiger partial charge on any atom is -0.368 e. The first-order valence-electron chi connectivity index (χ1n) is 9.08. The standard InChI is InChI=1S/C19H21N9OS/c1-11(2)15(16(21)29)25-19-26-17(14(10-20)18(27-19)30-3)24-12-5-4-6-13(9-12)28-22-7-8-23-28/h4-9,11,15H,1-3H3,(H2,21,29)(H2,24,25,26,27). The molecular weight excluding hydrogens is 402 g/mol. The highest BCUT2D eigenvalue weighted by Gasteiger charge is 2.22. The summed E-state index contributed by atoms with van der Waals surface area (Å²) in [5, 5.41) is 24.5. The Morgan fingerprint density at radius 3 is 2.60 bits per heavy atom. The molecule has 1 atom stereocenters. The van der Waals surface area contributed by atoms with E-state index in [2.05, 4.69) is 36.9 Å². The molecule has 0 aliphatic heterocycles. The Kier molecular flexibility index (Phi) is 6.48. The van der Waals surface area contributed by atoms with Gasteiger partial charge in [0.25, 0.3) is 0 Å². The highest BCUT2D eigenvalue weighted by Crippen LogP contribution is 2.28. The van der Waals surface area contributed by atoms with E-state index in [1.807, 2.05) is 44.4 Å². The Balaban J connectivity index is 1.98. The first-order valence-corrected chi connectivity index (χ1v) is 10.3. The number of nitrogens with two attached hydrogens (primary N) is 1. The van der Waals surface area contributed by atoms with Gasteiger partial charge >= 0.3 is 0 Å². The number of thioether (sulfide) groups is 1. The fraction of sp³-hybridized carbons (Fsp3) is 0.263. The molecule has 0 saturated heterocycles. The van der Waals surface area contributed by atoms with Gasteiger partial charge in [0.2, 0.25) is 11.9 Å². The van der Waals surface area contributed by atoms with Crippen molar-refractivity contribution >= 4 is 35.1 Å². The van der Waals surface area contributed by atoms with Gasteiger partial charge in [-0.3, -0.25) is 4.79 Å². The van der Waals surface area contributed by atoms with Gasteiger partial charge in [-0.15, -0.1) is 11.8 Å². The van der Waals surface area contributed by atoms with Crippen molar-refractivity contribution < 1.29 is 4.79 Å². The number of hydrogen-bond donors (Lipinski definition) is 3. The number of nitriles is 1. The van der Waals surface area contributed by atoms with E-state index < -0.39 is 11.9 Å². The van der Waals surface area contributed by atoms with Gasteiger partial charge in [-0.05, 0) is 30.4 Å². The SMILES string of the molecule is CSc1nc(NC(C(N)=O)C(C)C)nc(Nc2cccc(-n3nccn3)c2)c1C#N. The molecule has 0 radical (unpaired) electrons. The molecule has 1 amide bonds. The number of hydrogen-bond acceptors (Lipinski definition) is 9. The first-order chi connectivity index (χ1) is 14.4. The number of nitrogens with one attached hydrogen (secondary N) is 2. The van der Waals surface area contributed by atoms with Crippen molar-refractivity contribution in [1.29, 1.82) is 5.26 Å². The number of aromatic nitrogens is 5. The van der Waals surface area contributed by atoms with Crippen LogP contribution in [0.5, 0.6) is 0 Å². The summed E-state index contributed by atoms with van der Waals surface area (Å²) in [6.07, 6.45) is 4.99. The summed E-state index contributed by atoms with van der Waals surface area (Å²) in [6, 6.07) is 8.86. The van der Waals surface area contributed by atoms with E-state index in [1.165, 1.54) is 16.6 Å². The van der Waals surface area contributed by atoms with E-state index in [-0.39, 0.29) is 11.9 Å². The van der Waals surface area contributed by atoms with E-state index >= 15 is 0 Å². The van der Waals surface area contributed by atoms with Crippen LogP contribution in [0.1, 0.15) is 19.4 Å². The molecule has 0 fully saturated rings. The minimum atomic E-state index is -0.644. The van der Waals surface area contributed by atoms with Gasteiger partial charge in [0.15, 0.2) is 5.82 Å². The third kappa shape index (κ3) is 4.66. The summed E-state index contributed by atoms with van der Waals surface area (Å²) in [5.74, 6) is -0.0353. The van der Waals surface area contributed by atoms with Crippen molar-refractivity contribution in [1.82, 2.24) is 25.0 Å². The van der Waals surface area contributed by atoms with Crippen LogP contribution in [-0.2, 0) is 4.79 Å². The first kappa shape index (κ1) is 21.1. The minimum absolute atomic E-state index is 0.0610. The Morgan fingerprint density at radius 2 is 2.00 bits per heavy atom. The molecular formula is C19H21N9OS. The summed E-state index contributed by atoms with van der Waals surface area (Å²) >= 11 is 1.31. The van der Waals surface area contributed by atoms with Crippen molar-refractivity contribution in [3.63, 3.8) is 0 Å². The predicted molar refractivity (Wildman–Crippen MR) is 115 cm³/mol. The summed E-state index contributed by atoms with van der Waals surface area (Å²) in [5.41, 5.74) is 7.23. The van der Waals surface area contributed by atoms with Crippen molar-refractivity contribution in [2.45, 2.75) is 24.9 Å². The monoisotopic (exact) mass is 423 g/mol. The van der Waals surface area contributed by atoms with Crippen molar-refractivity contribution in [3.8, 4) is 11.8 Å². The molecule has 11 heteroatoms. The smallest absolute Gasteiger partial charge is 0.240 e. The van der Waals surface area contributed by atoms with Crippen LogP contribution in [0, 0.1) is 17.2 Å². The second kappa shape index (κ2) is 9.23. The Labute approximate surface area is 177 Å². The average Bonchev–Trinajstić information content (AvgIpc) is 3.26.